The van der Waals surface area contributed by atoms with Crippen LogP contribution in [0.1, 0.15) is 50.5 Å². The number of para-hydroxylation sites is 1. The Morgan fingerprint density at radius 2 is 1.52 bits per heavy atom. The molecule has 2 amide bonds. The van der Waals surface area contributed by atoms with Crippen molar-refractivity contribution < 1.29 is 14.4 Å². The fourth-order valence-electron chi connectivity index (χ4n) is 2.84. The summed E-state index contributed by atoms with van der Waals surface area (Å²) in [6.45, 7) is 9.07. The van der Waals surface area contributed by atoms with Gasteiger partial charge in [-0.15, -0.1) is 0 Å². The van der Waals surface area contributed by atoms with Gasteiger partial charge >= 0.3 is 0 Å². The molecule has 2 rings (SSSR count). The molecule has 142 valence electrons. The van der Waals surface area contributed by atoms with Gasteiger partial charge in [-0.1, -0.05) is 39.0 Å². The number of carbonyl (C=O) groups excluding carboxylic acids is 3. The summed E-state index contributed by atoms with van der Waals surface area (Å²) in [5.41, 5.74) is 2.73. The lowest BCUT2D eigenvalue weighted by Crippen LogP contribution is -2.38. The molecular formula is C22H26N2O3. The van der Waals surface area contributed by atoms with Crippen LogP contribution in [-0.2, 0) is 15.0 Å². The van der Waals surface area contributed by atoms with Gasteiger partial charge in [-0.25, -0.2) is 0 Å². The molecule has 0 unspecified atom stereocenters. The van der Waals surface area contributed by atoms with E-state index in [1.54, 1.807) is 24.3 Å². The van der Waals surface area contributed by atoms with E-state index >= 15 is 0 Å². The third-order valence-corrected chi connectivity index (χ3v) is 4.26. The highest BCUT2D eigenvalue weighted by atomic mass is 16.2. The molecule has 0 saturated heterocycles. The Balaban J connectivity index is 2.21. The Kier molecular flexibility index (Phi) is 6.16. The largest absolute Gasteiger partial charge is 0.325 e. The lowest BCUT2D eigenvalue weighted by molar-refractivity contribution is -0.120. The number of rotatable bonds is 5. The Labute approximate surface area is 160 Å². The molecule has 0 spiro atoms. The summed E-state index contributed by atoms with van der Waals surface area (Å²) in [6.07, 6.45) is 0. The minimum atomic E-state index is -0.301. The molecule has 1 N–H and O–H groups in total. The monoisotopic (exact) mass is 366 g/mol. The predicted molar refractivity (Wildman–Crippen MR) is 108 cm³/mol. The maximum absolute atomic E-state index is 12.5. The molecule has 0 aromatic heterocycles. The topological polar surface area (TPSA) is 66.5 Å². The number of hydrogen-bond donors (Lipinski definition) is 1. The van der Waals surface area contributed by atoms with Crippen molar-refractivity contribution in [2.75, 3.05) is 16.8 Å². The van der Waals surface area contributed by atoms with Crippen molar-refractivity contribution in [3.63, 3.8) is 0 Å². The number of ketones is 1. The van der Waals surface area contributed by atoms with E-state index in [1.807, 2.05) is 24.3 Å². The standard InChI is InChI=1S/C22H26N2O3/c1-15(25)17-10-12-18(13-11-17)23-21(27)14-24(16(2)26)20-9-7-6-8-19(20)22(3,4)5/h6-13H,14H2,1-5H3,(H,23,27). The molecule has 0 heterocycles. The van der Waals surface area contributed by atoms with E-state index < -0.39 is 0 Å². The maximum atomic E-state index is 12.5. The second-order valence-electron chi connectivity index (χ2n) is 7.55. The van der Waals surface area contributed by atoms with Gasteiger partial charge in [0.1, 0.15) is 6.54 Å². The highest BCUT2D eigenvalue weighted by Crippen LogP contribution is 2.32. The van der Waals surface area contributed by atoms with Crippen LogP contribution in [0.5, 0.6) is 0 Å². The van der Waals surface area contributed by atoms with Crippen LogP contribution in [0, 0.1) is 0 Å². The molecule has 0 bridgehead atoms. The van der Waals surface area contributed by atoms with E-state index in [9.17, 15) is 14.4 Å². The fourth-order valence-corrected chi connectivity index (χ4v) is 2.84. The summed E-state index contributed by atoms with van der Waals surface area (Å²) in [6, 6.07) is 14.3. The molecule has 5 heteroatoms. The molecule has 27 heavy (non-hydrogen) atoms. The highest BCUT2D eigenvalue weighted by molar-refractivity contribution is 6.02. The van der Waals surface area contributed by atoms with Gasteiger partial charge in [0.25, 0.3) is 0 Å². The molecule has 0 fully saturated rings. The van der Waals surface area contributed by atoms with E-state index in [0.29, 0.717) is 11.3 Å². The first-order valence-electron chi connectivity index (χ1n) is 8.88. The van der Waals surface area contributed by atoms with Crippen LogP contribution in [0.25, 0.3) is 0 Å². The van der Waals surface area contributed by atoms with E-state index in [2.05, 4.69) is 26.1 Å². The SMILES string of the molecule is CC(=O)c1ccc(NC(=O)CN(C(C)=O)c2ccccc2C(C)(C)C)cc1. The number of anilines is 2. The van der Waals surface area contributed by atoms with Crippen LogP contribution in [0.3, 0.4) is 0 Å². The first-order valence-corrected chi connectivity index (χ1v) is 8.88. The molecule has 0 atom stereocenters. The van der Waals surface area contributed by atoms with Gasteiger partial charge in [0.15, 0.2) is 5.78 Å². The van der Waals surface area contributed by atoms with Crippen molar-refractivity contribution in [2.45, 2.75) is 40.0 Å². The summed E-state index contributed by atoms with van der Waals surface area (Å²) in [4.78, 5) is 37.6. The van der Waals surface area contributed by atoms with Gasteiger partial charge < -0.3 is 10.2 Å². The molecule has 0 radical (unpaired) electrons. The quantitative estimate of drug-likeness (QED) is 0.807. The zero-order chi connectivity index (χ0) is 20.2. The second-order valence-corrected chi connectivity index (χ2v) is 7.55. The van der Waals surface area contributed by atoms with Crippen LogP contribution in [0.15, 0.2) is 48.5 Å². The van der Waals surface area contributed by atoms with Crippen LogP contribution in [0.2, 0.25) is 0 Å². The fraction of sp³-hybridized carbons (Fsp3) is 0.318. The third kappa shape index (κ3) is 5.26. The van der Waals surface area contributed by atoms with Crippen LogP contribution < -0.4 is 10.2 Å². The van der Waals surface area contributed by atoms with Gasteiger partial charge in [-0.05, 0) is 48.2 Å². The molecule has 0 aliphatic carbocycles. The first-order chi connectivity index (χ1) is 12.6. The molecule has 0 saturated carbocycles. The number of carbonyl (C=O) groups is 3. The number of hydrogen-bond acceptors (Lipinski definition) is 3. The Morgan fingerprint density at radius 3 is 2.04 bits per heavy atom. The smallest absolute Gasteiger partial charge is 0.244 e. The Morgan fingerprint density at radius 1 is 0.926 bits per heavy atom. The Hall–Kier alpha value is -2.95. The van der Waals surface area contributed by atoms with Gasteiger partial charge in [-0.2, -0.15) is 0 Å². The van der Waals surface area contributed by atoms with E-state index in [0.717, 1.165) is 11.3 Å². The number of amides is 2. The molecule has 0 aliphatic rings. The van der Waals surface area contributed by atoms with Crippen LogP contribution in [-0.4, -0.2) is 24.1 Å². The summed E-state index contributed by atoms with van der Waals surface area (Å²) in [5, 5.41) is 2.78. The molecule has 5 nitrogen and oxygen atoms in total. The summed E-state index contributed by atoms with van der Waals surface area (Å²) >= 11 is 0. The zero-order valence-corrected chi connectivity index (χ0v) is 16.5. The number of Topliss-reactive ketones (excluding diaryl/α,β-unsaturated/α-hetero) is 1. The normalized spacial score (nSPS) is 11.0. The number of nitrogens with zero attached hydrogens (tertiary/aromatic N) is 1. The highest BCUT2D eigenvalue weighted by Gasteiger charge is 2.24. The summed E-state index contributed by atoms with van der Waals surface area (Å²) in [5.74, 6) is -0.535. The average Bonchev–Trinajstić information content (AvgIpc) is 2.59. The van der Waals surface area contributed by atoms with Gasteiger partial charge in [-0.3, -0.25) is 14.4 Å². The van der Waals surface area contributed by atoms with Gasteiger partial charge in [0, 0.05) is 23.9 Å². The maximum Gasteiger partial charge on any atom is 0.244 e. The number of nitrogens with one attached hydrogen (secondary N) is 1. The molecular weight excluding hydrogens is 340 g/mol. The van der Waals surface area contributed by atoms with Gasteiger partial charge in [0.2, 0.25) is 11.8 Å². The van der Waals surface area contributed by atoms with Crippen molar-refractivity contribution in [3.05, 3.63) is 59.7 Å². The minimum Gasteiger partial charge on any atom is -0.325 e. The number of benzene rings is 2. The van der Waals surface area contributed by atoms with E-state index in [4.69, 9.17) is 0 Å². The first kappa shape index (κ1) is 20.4. The molecule has 0 aliphatic heterocycles. The van der Waals surface area contributed by atoms with Crippen molar-refractivity contribution in [2.24, 2.45) is 0 Å². The molecule has 2 aromatic carbocycles. The van der Waals surface area contributed by atoms with Crippen molar-refractivity contribution in [3.8, 4) is 0 Å². The summed E-state index contributed by atoms with van der Waals surface area (Å²) in [7, 11) is 0. The van der Waals surface area contributed by atoms with Crippen molar-refractivity contribution in [1.82, 2.24) is 0 Å². The molecule has 2 aromatic rings. The van der Waals surface area contributed by atoms with Gasteiger partial charge in [0.05, 0.1) is 0 Å². The van der Waals surface area contributed by atoms with Crippen LogP contribution >= 0.6 is 0 Å². The summed E-state index contributed by atoms with van der Waals surface area (Å²) < 4.78 is 0. The Bertz CT molecular complexity index is 849. The second kappa shape index (κ2) is 8.16. The van der Waals surface area contributed by atoms with Crippen molar-refractivity contribution >= 4 is 29.0 Å². The third-order valence-electron chi connectivity index (χ3n) is 4.26. The lowest BCUT2D eigenvalue weighted by atomic mass is 9.85. The predicted octanol–water partition coefficient (Wildman–Crippen LogP) is 4.18. The lowest BCUT2D eigenvalue weighted by Gasteiger charge is -2.29. The zero-order valence-electron chi connectivity index (χ0n) is 16.5. The van der Waals surface area contributed by atoms with E-state index in [-0.39, 0.29) is 29.6 Å². The average molecular weight is 366 g/mol. The minimum absolute atomic E-state index is 0.0329. The van der Waals surface area contributed by atoms with E-state index in [1.165, 1.54) is 18.7 Å². The van der Waals surface area contributed by atoms with Crippen LogP contribution in [0.4, 0.5) is 11.4 Å². The van der Waals surface area contributed by atoms with Crippen molar-refractivity contribution in [1.29, 1.82) is 0 Å².